The number of nitrogens with one attached hydrogen (secondary N) is 1. The molecule has 0 radical (unpaired) electrons. The van der Waals surface area contributed by atoms with Crippen LogP contribution >= 0.6 is 0 Å². The molecule has 0 spiro atoms. The molecule has 0 rings (SSSR count). The van der Waals surface area contributed by atoms with Crippen LogP contribution in [-0.2, 0) is 10.0 Å². The molecule has 0 saturated heterocycles. The van der Waals surface area contributed by atoms with E-state index in [0.717, 1.165) is 4.72 Å². The SMILES string of the molecule is C[N+](C)(CCO)CC(O)CNS(=O)(=O)C(F)(F)C(F)(F)C(F)(F)F. The second-order valence-electron chi connectivity index (χ2n) is 5.66. The van der Waals surface area contributed by atoms with Crippen molar-refractivity contribution in [2.24, 2.45) is 0 Å². The Morgan fingerprint density at radius 3 is 1.92 bits per heavy atom. The van der Waals surface area contributed by atoms with E-state index in [1.807, 2.05) is 0 Å². The van der Waals surface area contributed by atoms with Crippen LogP contribution in [0.15, 0.2) is 0 Å². The van der Waals surface area contributed by atoms with Crippen LogP contribution in [0.4, 0.5) is 30.7 Å². The molecule has 6 nitrogen and oxygen atoms in total. The van der Waals surface area contributed by atoms with Gasteiger partial charge in [-0.05, 0) is 0 Å². The standard InChI is InChI=1S/C10H18F7N2O4S/c1-19(2,3-4-20)6-7(21)5-18-24(22,23)10(16,17)8(11,12)9(13,14)15/h7,18,20-21H,3-6H2,1-2H3/q+1. The molecule has 1 unspecified atom stereocenters. The molecule has 0 aromatic carbocycles. The third-order valence-electron chi connectivity index (χ3n) is 2.98. The zero-order valence-corrected chi connectivity index (χ0v) is 13.4. The minimum atomic E-state index is -6.82. The fraction of sp³-hybridized carbons (Fsp3) is 1.00. The van der Waals surface area contributed by atoms with Gasteiger partial charge >= 0.3 is 17.4 Å². The van der Waals surface area contributed by atoms with Crippen molar-refractivity contribution in [2.75, 3.05) is 40.3 Å². The number of quaternary nitrogens is 1. The Bertz CT molecular complexity index is 522. The Labute approximate surface area is 133 Å². The van der Waals surface area contributed by atoms with E-state index in [0.29, 0.717) is 0 Å². The van der Waals surface area contributed by atoms with Gasteiger partial charge in [-0.1, -0.05) is 0 Å². The van der Waals surface area contributed by atoms with Gasteiger partial charge in [0, 0.05) is 6.54 Å². The minimum absolute atomic E-state index is 0.0888. The molecule has 0 aromatic heterocycles. The fourth-order valence-corrected chi connectivity index (χ4v) is 2.67. The molecule has 24 heavy (non-hydrogen) atoms. The number of hydrogen-bond donors (Lipinski definition) is 3. The normalized spacial score (nSPS) is 16.3. The van der Waals surface area contributed by atoms with Gasteiger partial charge in [-0.2, -0.15) is 30.7 Å². The lowest BCUT2D eigenvalue weighted by molar-refractivity contribution is -0.893. The van der Waals surface area contributed by atoms with Crippen molar-refractivity contribution in [3.63, 3.8) is 0 Å². The van der Waals surface area contributed by atoms with Gasteiger partial charge < -0.3 is 14.7 Å². The molecule has 0 aliphatic heterocycles. The fourth-order valence-electron chi connectivity index (χ4n) is 1.63. The summed E-state index contributed by atoms with van der Waals surface area (Å²) in [5.41, 5.74) is 0. The van der Waals surface area contributed by atoms with Gasteiger partial charge in [0.15, 0.2) is 0 Å². The van der Waals surface area contributed by atoms with Crippen LogP contribution in [0.3, 0.4) is 0 Å². The van der Waals surface area contributed by atoms with Crippen molar-refractivity contribution in [1.29, 1.82) is 0 Å². The summed E-state index contributed by atoms with van der Waals surface area (Å²) in [5, 5.41) is 11.8. The Hall–Kier alpha value is -0.700. The number of halogens is 7. The van der Waals surface area contributed by atoms with E-state index in [1.165, 1.54) is 14.1 Å². The molecular formula is C10H18F7N2O4S+. The molecular weight excluding hydrogens is 377 g/mol. The summed E-state index contributed by atoms with van der Waals surface area (Å²) < 4.78 is 111. The highest BCUT2D eigenvalue weighted by Crippen LogP contribution is 2.48. The predicted molar refractivity (Wildman–Crippen MR) is 67.8 cm³/mol. The summed E-state index contributed by atoms with van der Waals surface area (Å²) >= 11 is 0. The number of hydrogen-bond acceptors (Lipinski definition) is 4. The lowest BCUT2D eigenvalue weighted by Crippen LogP contribution is -2.60. The highest BCUT2D eigenvalue weighted by Gasteiger charge is 2.78. The second-order valence-corrected chi connectivity index (χ2v) is 7.47. The first-order chi connectivity index (χ1) is 10.4. The first kappa shape index (κ1) is 23.3. The Kier molecular flexibility index (Phi) is 7.06. The predicted octanol–water partition coefficient (Wildman–Crippen LogP) is 0.126. The molecule has 0 fully saturated rings. The molecule has 3 N–H and O–H groups in total. The number of aliphatic hydroxyl groups is 2. The van der Waals surface area contributed by atoms with Crippen molar-refractivity contribution in [3.8, 4) is 0 Å². The third kappa shape index (κ3) is 5.15. The van der Waals surface area contributed by atoms with Crippen LogP contribution in [0.25, 0.3) is 0 Å². The van der Waals surface area contributed by atoms with Gasteiger partial charge in [-0.15, -0.1) is 0 Å². The van der Waals surface area contributed by atoms with E-state index in [4.69, 9.17) is 5.11 Å². The number of alkyl halides is 7. The molecule has 0 heterocycles. The smallest absolute Gasteiger partial charge is 0.391 e. The lowest BCUT2D eigenvalue weighted by Gasteiger charge is -2.31. The number of rotatable bonds is 9. The highest BCUT2D eigenvalue weighted by molar-refractivity contribution is 7.90. The van der Waals surface area contributed by atoms with E-state index in [2.05, 4.69) is 0 Å². The molecule has 14 heteroatoms. The maximum Gasteiger partial charge on any atom is 0.461 e. The van der Waals surface area contributed by atoms with Gasteiger partial charge in [-0.3, -0.25) is 0 Å². The minimum Gasteiger partial charge on any atom is -0.391 e. The first-order valence-electron chi connectivity index (χ1n) is 6.34. The van der Waals surface area contributed by atoms with Crippen molar-refractivity contribution in [2.45, 2.75) is 23.5 Å². The molecule has 0 bridgehead atoms. The number of aliphatic hydroxyl groups excluding tert-OH is 2. The van der Waals surface area contributed by atoms with E-state index in [9.17, 15) is 44.3 Å². The van der Waals surface area contributed by atoms with Crippen LogP contribution in [0, 0.1) is 0 Å². The van der Waals surface area contributed by atoms with E-state index in [-0.39, 0.29) is 24.2 Å². The number of likely N-dealkylation sites (N-methyl/N-ethyl adjacent to an activating group) is 1. The summed E-state index contributed by atoms with van der Waals surface area (Å²) in [4.78, 5) is 0. The molecule has 0 aromatic rings. The molecule has 146 valence electrons. The molecule has 0 aliphatic carbocycles. The zero-order chi connectivity index (χ0) is 19.6. The average molecular weight is 395 g/mol. The van der Waals surface area contributed by atoms with E-state index in [1.54, 1.807) is 0 Å². The van der Waals surface area contributed by atoms with Crippen molar-refractivity contribution in [3.05, 3.63) is 0 Å². The Morgan fingerprint density at radius 1 is 1.08 bits per heavy atom. The number of nitrogens with zero attached hydrogens (tertiary/aromatic N) is 1. The largest absolute Gasteiger partial charge is 0.461 e. The quantitative estimate of drug-likeness (QED) is 0.383. The van der Waals surface area contributed by atoms with E-state index >= 15 is 0 Å². The number of sulfonamides is 1. The van der Waals surface area contributed by atoms with Crippen molar-refractivity contribution in [1.82, 2.24) is 4.72 Å². The highest BCUT2D eigenvalue weighted by atomic mass is 32.2. The van der Waals surface area contributed by atoms with Gasteiger partial charge in [0.05, 0.1) is 20.7 Å². The molecule has 0 amide bonds. The van der Waals surface area contributed by atoms with Gasteiger partial charge in [0.2, 0.25) is 0 Å². The summed E-state index contributed by atoms with van der Waals surface area (Å²) in [5.74, 6) is -6.82. The molecule has 0 aliphatic rings. The zero-order valence-electron chi connectivity index (χ0n) is 12.6. The van der Waals surface area contributed by atoms with Crippen LogP contribution in [-0.4, -0.2) is 86.9 Å². The van der Waals surface area contributed by atoms with Crippen LogP contribution < -0.4 is 4.72 Å². The third-order valence-corrected chi connectivity index (χ3v) is 4.46. The van der Waals surface area contributed by atoms with Crippen LogP contribution in [0.2, 0.25) is 0 Å². The van der Waals surface area contributed by atoms with Crippen LogP contribution in [0.1, 0.15) is 0 Å². The van der Waals surface area contributed by atoms with Crippen molar-refractivity contribution >= 4 is 10.0 Å². The van der Waals surface area contributed by atoms with Gasteiger partial charge in [0.1, 0.15) is 19.2 Å². The second kappa shape index (κ2) is 7.27. The summed E-state index contributed by atoms with van der Waals surface area (Å²) in [6, 6.07) is 0. The average Bonchev–Trinajstić information content (AvgIpc) is 2.33. The molecule has 0 saturated carbocycles. The van der Waals surface area contributed by atoms with Gasteiger partial charge in [0.25, 0.3) is 10.0 Å². The maximum absolute atomic E-state index is 13.1. The Balaban J connectivity index is 5.11. The maximum atomic E-state index is 13.1. The lowest BCUT2D eigenvalue weighted by atomic mass is 10.3. The van der Waals surface area contributed by atoms with Crippen molar-refractivity contribution < 1.29 is 53.8 Å². The summed E-state index contributed by atoms with van der Waals surface area (Å²) in [6.45, 7) is -1.73. The molecule has 1 atom stereocenters. The topological polar surface area (TPSA) is 86.6 Å². The van der Waals surface area contributed by atoms with E-state index < -0.39 is 40.0 Å². The summed E-state index contributed by atoms with van der Waals surface area (Å²) in [7, 11) is -3.49. The monoisotopic (exact) mass is 395 g/mol. The Morgan fingerprint density at radius 2 is 1.54 bits per heavy atom. The van der Waals surface area contributed by atoms with Crippen LogP contribution in [0.5, 0.6) is 0 Å². The van der Waals surface area contributed by atoms with Gasteiger partial charge in [-0.25, -0.2) is 13.1 Å². The first-order valence-corrected chi connectivity index (χ1v) is 7.82. The summed E-state index contributed by atoms with van der Waals surface area (Å²) in [6.07, 6.45) is -8.46.